The van der Waals surface area contributed by atoms with Gasteiger partial charge in [0.2, 0.25) is 6.79 Å². The van der Waals surface area contributed by atoms with Gasteiger partial charge in [0.05, 0.1) is 0 Å². The van der Waals surface area contributed by atoms with Crippen molar-refractivity contribution in [2.24, 2.45) is 0 Å². The summed E-state index contributed by atoms with van der Waals surface area (Å²) in [5.74, 6) is 1.48. The molecule has 2 aromatic rings. The van der Waals surface area contributed by atoms with Gasteiger partial charge >= 0.3 is 0 Å². The molecule has 3 rings (SSSR count). The Balaban J connectivity index is 1.85. The zero-order valence-corrected chi connectivity index (χ0v) is 13.0. The summed E-state index contributed by atoms with van der Waals surface area (Å²) >= 11 is 0. The Kier molecular flexibility index (Phi) is 3.72. The van der Waals surface area contributed by atoms with E-state index in [1.54, 1.807) is 6.08 Å². The summed E-state index contributed by atoms with van der Waals surface area (Å²) in [5, 5.41) is 0. The average Bonchev–Trinajstić information content (AvgIpc) is 2.91. The number of fused-ring (bicyclic) bond motifs is 1. The van der Waals surface area contributed by atoms with Gasteiger partial charge in [-0.05, 0) is 55.7 Å². The zero-order chi connectivity index (χ0) is 15.7. The average molecular weight is 294 g/mol. The maximum absolute atomic E-state index is 12.5. The molecule has 0 unspecified atom stereocenters. The molecular formula is C19H18O3. The van der Waals surface area contributed by atoms with Crippen LogP contribution in [-0.4, -0.2) is 12.6 Å². The molecular weight excluding hydrogens is 276 g/mol. The fraction of sp³-hybridized carbons (Fsp3) is 0.211. The summed E-state index contributed by atoms with van der Waals surface area (Å²) in [6.07, 6.45) is 3.42. The monoisotopic (exact) mass is 294 g/mol. The number of benzene rings is 2. The number of ketones is 1. The smallest absolute Gasteiger partial charge is 0.231 e. The highest BCUT2D eigenvalue weighted by atomic mass is 16.7. The van der Waals surface area contributed by atoms with Crippen LogP contribution in [0.3, 0.4) is 0 Å². The lowest BCUT2D eigenvalue weighted by molar-refractivity contribution is 0.104. The van der Waals surface area contributed by atoms with Crippen LogP contribution in [0.25, 0.3) is 6.08 Å². The molecule has 0 aliphatic carbocycles. The topological polar surface area (TPSA) is 35.5 Å². The van der Waals surface area contributed by atoms with Gasteiger partial charge < -0.3 is 9.47 Å². The van der Waals surface area contributed by atoms with E-state index in [-0.39, 0.29) is 12.6 Å². The van der Waals surface area contributed by atoms with E-state index < -0.39 is 0 Å². The molecule has 0 fully saturated rings. The lowest BCUT2D eigenvalue weighted by atomic mass is 9.96. The number of carbonyl (C=O) groups excluding carboxylic acids is 1. The molecule has 0 amide bonds. The molecule has 1 heterocycles. The van der Waals surface area contributed by atoms with Crippen LogP contribution in [0.15, 0.2) is 36.4 Å². The molecule has 0 atom stereocenters. The minimum atomic E-state index is 0.0210. The van der Waals surface area contributed by atoms with Crippen LogP contribution in [0.5, 0.6) is 11.5 Å². The molecule has 22 heavy (non-hydrogen) atoms. The Bertz CT molecular complexity index is 749. The Morgan fingerprint density at radius 3 is 2.41 bits per heavy atom. The van der Waals surface area contributed by atoms with Gasteiger partial charge in [0.1, 0.15) is 0 Å². The molecule has 3 nitrogen and oxygen atoms in total. The minimum absolute atomic E-state index is 0.0210. The number of aryl methyl sites for hydroxylation is 3. The summed E-state index contributed by atoms with van der Waals surface area (Å²) in [6.45, 7) is 6.24. The first-order chi connectivity index (χ1) is 10.5. The maximum atomic E-state index is 12.5. The van der Waals surface area contributed by atoms with Crippen molar-refractivity contribution in [3.05, 3.63) is 64.2 Å². The Labute approximate surface area is 130 Å². The Morgan fingerprint density at radius 1 is 1.00 bits per heavy atom. The van der Waals surface area contributed by atoms with Crippen molar-refractivity contribution in [3.8, 4) is 11.5 Å². The van der Waals surface area contributed by atoms with Gasteiger partial charge in [-0.15, -0.1) is 0 Å². The molecule has 0 bridgehead atoms. The van der Waals surface area contributed by atoms with Crippen molar-refractivity contribution in [2.45, 2.75) is 20.8 Å². The van der Waals surface area contributed by atoms with E-state index >= 15 is 0 Å². The highest BCUT2D eigenvalue weighted by molar-refractivity contribution is 6.08. The second-order valence-electron chi connectivity index (χ2n) is 5.58. The second kappa shape index (κ2) is 5.68. The zero-order valence-electron chi connectivity index (χ0n) is 13.0. The Morgan fingerprint density at radius 2 is 1.68 bits per heavy atom. The fourth-order valence-electron chi connectivity index (χ4n) is 2.84. The third-order valence-corrected chi connectivity index (χ3v) is 3.75. The fourth-order valence-corrected chi connectivity index (χ4v) is 2.84. The van der Waals surface area contributed by atoms with Crippen molar-refractivity contribution in [1.29, 1.82) is 0 Å². The van der Waals surface area contributed by atoms with Gasteiger partial charge in [-0.1, -0.05) is 29.8 Å². The van der Waals surface area contributed by atoms with Crippen LogP contribution >= 0.6 is 0 Å². The van der Waals surface area contributed by atoms with E-state index in [1.807, 2.05) is 57.2 Å². The number of allylic oxidation sites excluding steroid dienone is 1. The van der Waals surface area contributed by atoms with Gasteiger partial charge in [0, 0.05) is 5.56 Å². The molecule has 0 radical (unpaired) electrons. The molecule has 2 aromatic carbocycles. The molecule has 0 N–H and O–H groups in total. The largest absolute Gasteiger partial charge is 0.454 e. The first-order valence-corrected chi connectivity index (χ1v) is 7.24. The first kappa shape index (κ1) is 14.4. The Hall–Kier alpha value is -2.55. The molecule has 0 saturated carbocycles. The summed E-state index contributed by atoms with van der Waals surface area (Å²) in [4.78, 5) is 12.5. The molecule has 0 spiro atoms. The molecule has 112 valence electrons. The van der Waals surface area contributed by atoms with Crippen LogP contribution in [0.2, 0.25) is 0 Å². The van der Waals surface area contributed by atoms with E-state index in [0.717, 1.165) is 33.8 Å². The predicted molar refractivity (Wildman–Crippen MR) is 86.6 cm³/mol. The molecule has 0 aromatic heterocycles. The predicted octanol–water partition coefficient (Wildman–Crippen LogP) is 4.24. The van der Waals surface area contributed by atoms with Crippen LogP contribution in [-0.2, 0) is 0 Å². The SMILES string of the molecule is Cc1cc(C)c(C(=O)/C=C/c2ccc3c(c2)OCO3)c(C)c1. The van der Waals surface area contributed by atoms with E-state index in [9.17, 15) is 4.79 Å². The summed E-state index contributed by atoms with van der Waals surface area (Å²) < 4.78 is 10.6. The molecule has 1 aliphatic rings. The lowest BCUT2D eigenvalue weighted by Gasteiger charge is -2.08. The van der Waals surface area contributed by atoms with Crippen molar-refractivity contribution in [3.63, 3.8) is 0 Å². The van der Waals surface area contributed by atoms with Gasteiger partial charge in [0.15, 0.2) is 17.3 Å². The standard InChI is InChI=1S/C19H18O3/c1-12-8-13(2)19(14(3)9-12)16(20)6-4-15-5-7-17-18(10-15)22-11-21-17/h4-10H,11H2,1-3H3/b6-4+. The second-order valence-corrected chi connectivity index (χ2v) is 5.58. The molecule has 1 aliphatic heterocycles. The maximum Gasteiger partial charge on any atom is 0.231 e. The number of carbonyl (C=O) groups is 1. The molecule has 3 heteroatoms. The lowest BCUT2D eigenvalue weighted by Crippen LogP contribution is -2.02. The third-order valence-electron chi connectivity index (χ3n) is 3.75. The summed E-state index contributed by atoms with van der Waals surface area (Å²) in [6, 6.07) is 9.71. The van der Waals surface area contributed by atoms with Gasteiger partial charge in [-0.2, -0.15) is 0 Å². The van der Waals surface area contributed by atoms with Gasteiger partial charge in [-0.25, -0.2) is 0 Å². The van der Waals surface area contributed by atoms with Crippen LogP contribution < -0.4 is 9.47 Å². The van der Waals surface area contributed by atoms with Crippen molar-refractivity contribution in [1.82, 2.24) is 0 Å². The van der Waals surface area contributed by atoms with Gasteiger partial charge in [0.25, 0.3) is 0 Å². The number of ether oxygens (including phenoxy) is 2. The quantitative estimate of drug-likeness (QED) is 0.627. The number of rotatable bonds is 3. The molecule has 0 saturated heterocycles. The van der Waals surface area contributed by atoms with Crippen molar-refractivity contribution < 1.29 is 14.3 Å². The van der Waals surface area contributed by atoms with Crippen molar-refractivity contribution in [2.75, 3.05) is 6.79 Å². The number of hydrogen-bond acceptors (Lipinski definition) is 3. The van der Waals surface area contributed by atoms with Gasteiger partial charge in [-0.3, -0.25) is 4.79 Å². The van der Waals surface area contributed by atoms with E-state index in [4.69, 9.17) is 9.47 Å². The van der Waals surface area contributed by atoms with E-state index in [0.29, 0.717) is 0 Å². The van der Waals surface area contributed by atoms with E-state index in [2.05, 4.69) is 0 Å². The number of hydrogen-bond donors (Lipinski definition) is 0. The van der Waals surface area contributed by atoms with E-state index in [1.165, 1.54) is 5.56 Å². The van der Waals surface area contributed by atoms with Crippen LogP contribution in [0.4, 0.5) is 0 Å². The first-order valence-electron chi connectivity index (χ1n) is 7.24. The highest BCUT2D eigenvalue weighted by Gasteiger charge is 2.13. The van der Waals surface area contributed by atoms with Crippen LogP contribution in [0.1, 0.15) is 32.6 Å². The summed E-state index contributed by atoms with van der Waals surface area (Å²) in [7, 11) is 0. The highest BCUT2D eigenvalue weighted by Crippen LogP contribution is 2.32. The summed E-state index contributed by atoms with van der Waals surface area (Å²) in [5.41, 5.74) is 4.89. The van der Waals surface area contributed by atoms with Crippen molar-refractivity contribution >= 4 is 11.9 Å². The van der Waals surface area contributed by atoms with Crippen LogP contribution in [0, 0.1) is 20.8 Å². The normalized spacial score (nSPS) is 12.9. The third kappa shape index (κ3) is 2.75. The minimum Gasteiger partial charge on any atom is -0.454 e.